The van der Waals surface area contributed by atoms with E-state index in [1.165, 1.54) is 70.6 Å². The maximum absolute atomic E-state index is 5.85. The molecule has 12 aromatic rings. The Balaban J connectivity index is 1.11. The van der Waals surface area contributed by atoms with Crippen molar-refractivity contribution in [2.45, 2.75) is 0 Å². The van der Waals surface area contributed by atoms with E-state index in [0.717, 1.165) is 50.5 Å². The van der Waals surface area contributed by atoms with E-state index in [9.17, 15) is 0 Å². The summed E-state index contributed by atoms with van der Waals surface area (Å²) in [4.78, 5) is 10.8. The number of aromatic nitrogens is 2. The Hall–Kier alpha value is -8.40. The van der Waals surface area contributed by atoms with Gasteiger partial charge in [0.15, 0.2) is 5.82 Å². The van der Waals surface area contributed by atoms with E-state index in [-0.39, 0.29) is 0 Å². The van der Waals surface area contributed by atoms with Gasteiger partial charge in [-0.3, -0.25) is 0 Å². The van der Waals surface area contributed by atoms with Crippen molar-refractivity contribution in [2.75, 3.05) is 7.11 Å². The first-order chi connectivity index (χ1) is 31.7. The number of nitrogens with zero attached hydrogens (tertiary/aromatic N) is 2. The topological polar surface area (TPSA) is 35.0 Å². The van der Waals surface area contributed by atoms with E-state index in [1.807, 2.05) is 36.4 Å². The third-order valence-corrected chi connectivity index (χ3v) is 12.7. The van der Waals surface area contributed by atoms with Crippen molar-refractivity contribution in [3.8, 4) is 73.0 Å². The molecule has 0 saturated carbocycles. The van der Waals surface area contributed by atoms with Crippen LogP contribution in [0.25, 0.3) is 121 Å². The van der Waals surface area contributed by atoms with Gasteiger partial charge < -0.3 is 4.74 Å². The highest BCUT2D eigenvalue weighted by Gasteiger charge is 2.23. The molecule has 0 bridgehead atoms. The van der Waals surface area contributed by atoms with Crippen LogP contribution in [0, 0.1) is 0 Å². The summed E-state index contributed by atoms with van der Waals surface area (Å²) in [6.45, 7) is 0. The summed E-state index contributed by atoms with van der Waals surface area (Å²) in [7, 11) is 1.69. The molecule has 12 rings (SSSR count). The van der Waals surface area contributed by atoms with Crippen LogP contribution in [0.2, 0.25) is 0 Å². The van der Waals surface area contributed by atoms with Crippen molar-refractivity contribution in [3.05, 3.63) is 224 Å². The van der Waals surface area contributed by atoms with Gasteiger partial charge in [0.1, 0.15) is 5.75 Å². The second-order valence-corrected chi connectivity index (χ2v) is 16.4. The summed E-state index contributed by atoms with van der Waals surface area (Å²) in [5.41, 5.74) is 11.4. The van der Waals surface area contributed by atoms with Crippen LogP contribution in [-0.2, 0) is 0 Å². The fraction of sp³-hybridized carbons (Fsp3) is 0.0164. The molecule has 3 heteroatoms. The van der Waals surface area contributed by atoms with E-state index >= 15 is 0 Å². The Morgan fingerprint density at radius 1 is 0.297 bits per heavy atom. The Labute approximate surface area is 371 Å². The monoisotopic (exact) mass is 816 g/mol. The molecule has 300 valence electrons. The molecule has 0 saturated heterocycles. The molecule has 3 nitrogen and oxygen atoms in total. The van der Waals surface area contributed by atoms with Gasteiger partial charge in [0, 0.05) is 16.7 Å². The zero-order chi connectivity index (χ0) is 42.6. The molecule has 0 aliphatic carbocycles. The van der Waals surface area contributed by atoms with Crippen LogP contribution < -0.4 is 4.74 Å². The molecule has 0 atom stereocenters. The molecular formula is C61H40N2O. The van der Waals surface area contributed by atoms with Crippen LogP contribution in [0.3, 0.4) is 0 Å². The van der Waals surface area contributed by atoms with Gasteiger partial charge in [0.25, 0.3) is 0 Å². The molecule has 64 heavy (non-hydrogen) atoms. The van der Waals surface area contributed by atoms with Gasteiger partial charge in [0.05, 0.1) is 24.1 Å². The summed E-state index contributed by atoms with van der Waals surface area (Å²) < 4.78 is 5.85. The molecule has 0 fully saturated rings. The lowest BCUT2D eigenvalue weighted by atomic mass is 9.83. The van der Waals surface area contributed by atoms with Crippen LogP contribution in [0.4, 0.5) is 0 Å². The maximum atomic E-state index is 5.85. The second kappa shape index (κ2) is 15.5. The number of hydrogen-bond donors (Lipinski definition) is 0. The van der Waals surface area contributed by atoms with Crippen LogP contribution in [0.1, 0.15) is 0 Å². The summed E-state index contributed by atoms with van der Waals surface area (Å²) >= 11 is 0. The van der Waals surface area contributed by atoms with Crippen molar-refractivity contribution in [1.29, 1.82) is 0 Å². The summed E-state index contributed by atoms with van der Waals surface area (Å²) in [6.07, 6.45) is 0. The van der Waals surface area contributed by atoms with Gasteiger partial charge in [-0.15, -0.1) is 0 Å². The first-order valence-corrected chi connectivity index (χ1v) is 21.8. The minimum atomic E-state index is 0.609. The third-order valence-electron chi connectivity index (χ3n) is 12.7. The molecule has 0 aliphatic heterocycles. The van der Waals surface area contributed by atoms with Crippen LogP contribution in [-0.4, -0.2) is 17.1 Å². The normalized spacial score (nSPS) is 11.5. The van der Waals surface area contributed by atoms with Gasteiger partial charge in [-0.1, -0.05) is 194 Å². The first kappa shape index (κ1) is 37.4. The molecule has 0 aliphatic rings. The van der Waals surface area contributed by atoms with Crippen LogP contribution >= 0.6 is 0 Å². The molecule has 0 radical (unpaired) electrons. The fourth-order valence-electron chi connectivity index (χ4n) is 9.85. The molecule has 11 aromatic carbocycles. The Morgan fingerprint density at radius 2 is 0.781 bits per heavy atom. The van der Waals surface area contributed by atoms with E-state index in [1.54, 1.807) is 7.11 Å². The highest BCUT2D eigenvalue weighted by atomic mass is 16.5. The van der Waals surface area contributed by atoms with Crippen LogP contribution in [0.15, 0.2) is 224 Å². The van der Waals surface area contributed by atoms with Gasteiger partial charge in [-0.25, -0.2) is 9.97 Å². The number of fused-ring (bicyclic) bond motifs is 6. The van der Waals surface area contributed by atoms with Crippen molar-refractivity contribution in [2.24, 2.45) is 0 Å². The SMILES string of the molecule is COc1ccccc1-c1nc(-c2ccccc2)c(-c2cccc(-c3c4ccccc4c(-c4cccc5c4ccc4cc6ccccc6cc45)c4ccccc34)c2)c(-c2ccccc2)n1. The predicted octanol–water partition coefficient (Wildman–Crippen LogP) is 16.3. The number of methoxy groups -OCH3 is 1. The maximum Gasteiger partial charge on any atom is 0.164 e. The molecular weight excluding hydrogens is 777 g/mol. The average Bonchev–Trinajstić information content (AvgIpc) is 3.37. The molecule has 0 amide bonds. The molecule has 0 unspecified atom stereocenters. The Kier molecular flexibility index (Phi) is 9.05. The van der Waals surface area contributed by atoms with Gasteiger partial charge in [0.2, 0.25) is 0 Å². The summed E-state index contributed by atoms with van der Waals surface area (Å²) in [5, 5.41) is 12.4. The van der Waals surface area contributed by atoms with Crippen molar-refractivity contribution in [3.63, 3.8) is 0 Å². The highest BCUT2D eigenvalue weighted by Crippen LogP contribution is 2.48. The number of para-hydroxylation sites is 1. The lowest BCUT2D eigenvalue weighted by molar-refractivity contribution is 0.416. The van der Waals surface area contributed by atoms with Crippen molar-refractivity contribution >= 4 is 53.9 Å². The van der Waals surface area contributed by atoms with Crippen LogP contribution in [0.5, 0.6) is 5.75 Å². The number of rotatable bonds is 7. The van der Waals surface area contributed by atoms with Crippen molar-refractivity contribution in [1.82, 2.24) is 9.97 Å². The predicted molar refractivity (Wildman–Crippen MR) is 269 cm³/mol. The Bertz CT molecular complexity index is 3650. The summed E-state index contributed by atoms with van der Waals surface area (Å²) in [6, 6.07) is 80.4. The fourth-order valence-corrected chi connectivity index (χ4v) is 9.85. The molecule has 0 spiro atoms. The minimum Gasteiger partial charge on any atom is -0.496 e. The zero-order valence-electron chi connectivity index (χ0n) is 35.2. The zero-order valence-corrected chi connectivity index (χ0v) is 35.2. The lowest BCUT2D eigenvalue weighted by Gasteiger charge is -2.20. The molecule has 1 aromatic heterocycles. The summed E-state index contributed by atoms with van der Waals surface area (Å²) in [5.74, 6) is 1.33. The number of ether oxygens (including phenoxy) is 1. The average molecular weight is 817 g/mol. The van der Waals surface area contributed by atoms with Gasteiger partial charge >= 0.3 is 0 Å². The second-order valence-electron chi connectivity index (χ2n) is 16.4. The minimum absolute atomic E-state index is 0.609. The molecule has 0 N–H and O–H groups in total. The smallest absolute Gasteiger partial charge is 0.164 e. The third kappa shape index (κ3) is 6.20. The van der Waals surface area contributed by atoms with Gasteiger partial charge in [-0.05, 0) is 112 Å². The van der Waals surface area contributed by atoms with E-state index in [4.69, 9.17) is 14.7 Å². The Morgan fingerprint density at radius 3 is 1.42 bits per heavy atom. The first-order valence-electron chi connectivity index (χ1n) is 21.8. The lowest BCUT2D eigenvalue weighted by Crippen LogP contribution is -2.02. The highest BCUT2D eigenvalue weighted by molar-refractivity contribution is 6.25. The van der Waals surface area contributed by atoms with E-state index < -0.39 is 0 Å². The van der Waals surface area contributed by atoms with Gasteiger partial charge in [-0.2, -0.15) is 0 Å². The molecule has 1 heterocycles. The van der Waals surface area contributed by atoms with E-state index in [2.05, 4.69) is 188 Å². The largest absolute Gasteiger partial charge is 0.496 e. The number of hydrogen-bond acceptors (Lipinski definition) is 3. The van der Waals surface area contributed by atoms with Crippen molar-refractivity contribution < 1.29 is 4.74 Å². The quantitative estimate of drug-likeness (QED) is 0.119. The standard InChI is InChI=1S/C61H40N2O/c1-64-55-33-15-14-30-53(55)61-62-59(39-18-4-2-5-19-39)57(60(63-61)40-20-6-3-7-21-40)45-25-16-24-44(37-45)56-49-26-10-12-28-51(49)58(52-29-13-11-27-50(52)56)48-32-17-31-46-47(48)35-34-43-36-41-22-8-9-23-42(41)38-54(43)46/h2-38H,1H3. The van der Waals surface area contributed by atoms with E-state index in [0.29, 0.717) is 5.82 Å². The number of benzene rings is 11.